The summed E-state index contributed by atoms with van der Waals surface area (Å²) in [5.74, 6) is -0.374. The Hall–Kier alpha value is -1.46. The molecule has 17 heavy (non-hydrogen) atoms. The van der Waals surface area contributed by atoms with E-state index in [-0.39, 0.29) is 12.1 Å². The van der Waals surface area contributed by atoms with Gasteiger partial charge in [0, 0.05) is 25.8 Å². The van der Waals surface area contributed by atoms with Gasteiger partial charge in [-0.25, -0.2) is 4.79 Å². The summed E-state index contributed by atoms with van der Waals surface area (Å²) < 4.78 is 4.60. The van der Waals surface area contributed by atoms with Gasteiger partial charge in [0.1, 0.15) is 0 Å². The van der Waals surface area contributed by atoms with Crippen molar-refractivity contribution in [3.8, 4) is 0 Å². The molecule has 1 aliphatic rings. The van der Waals surface area contributed by atoms with Crippen molar-refractivity contribution in [1.29, 1.82) is 0 Å². The van der Waals surface area contributed by atoms with E-state index in [0.717, 1.165) is 18.7 Å². The first-order chi connectivity index (χ1) is 8.19. The van der Waals surface area contributed by atoms with Crippen LogP contribution in [0.4, 0.5) is 0 Å². The van der Waals surface area contributed by atoms with Crippen molar-refractivity contribution in [2.75, 3.05) is 20.2 Å². The van der Waals surface area contributed by atoms with E-state index in [0.29, 0.717) is 18.7 Å². The summed E-state index contributed by atoms with van der Waals surface area (Å²) >= 11 is 0. The summed E-state index contributed by atoms with van der Waals surface area (Å²) in [6.45, 7) is 2.29. The van der Waals surface area contributed by atoms with E-state index < -0.39 is 0 Å². The molecular formula is C12H16N2O3. The van der Waals surface area contributed by atoms with Gasteiger partial charge in [-0.05, 0) is 18.6 Å². The highest BCUT2D eigenvalue weighted by Crippen LogP contribution is 2.12. The molecule has 2 heterocycles. The number of aromatic nitrogens is 1. The maximum absolute atomic E-state index is 11.2. The quantitative estimate of drug-likeness (QED) is 0.771. The van der Waals surface area contributed by atoms with Crippen molar-refractivity contribution >= 4 is 5.97 Å². The zero-order valence-electron chi connectivity index (χ0n) is 9.80. The molecule has 5 nitrogen and oxygen atoms in total. The Balaban J connectivity index is 1.96. The number of methoxy groups -OCH3 is 1. The van der Waals surface area contributed by atoms with Gasteiger partial charge in [-0.2, -0.15) is 0 Å². The zero-order chi connectivity index (χ0) is 12.3. The minimum absolute atomic E-state index is 0.218. The fraction of sp³-hybridized carbons (Fsp3) is 0.500. The molecule has 1 N–H and O–H groups in total. The third-order valence-corrected chi connectivity index (χ3v) is 2.88. The number of hydrogen-bond donors (Lipinski definition) is 1. The van der Waals surface area contributed by atoms with Crippen LogP contribution < -0.4 is 0 Å². The lowest BCUT2D eigenvalue weighted by atomic mass is 10.2. The molecule has 0 radical (unpaired) electrons. The average Bonchev–Trinajstić information content (AvgIpc) is 2.75. The van der Waals surface area contributed by atoms with Crippen LogP contribution in [0.5, 0.6) is 0 Å². The monoisotopic (exact) mass is 236 g/mol. The Morgan fingerprint density at radius 1 is 1.65 bits per heavy atom. The summed E-state index contributed by atoms with van der Waals surface area (Å²) in [6.07, 6.45) is 2.12. The highest BCUT2D eigenvalue weighted by molar-refractivity contribution is 5.88. The molecule has 5 heteroatoms. The van der Waals surface area contributed by atoms with E-state index in [1.807, 2.05) is 6.07 Å². The molecular weight excluding hydrogens is 220 g/mol. The SMILES string of the molecule is COC(=O)c1ccc(CN2CC[C@@H](O)C2)nc1. The van der Waals surface area contributed by atoms with E-state index in [4.69, 9.17) is 0 Å². The minimum Gasteiger partial charge on any atom is -0.465 e. The predicted molar refractivity (Wildman–Crippen MR) is 61.5 cm³/mol. The number of aliphatic hydroxyl groups is 1. The molecule has 0 bridgehead atoms. The normalized spacial score (nSPS) is 20.5. The van der Waals surface area contributed by atoms with E-state index in [9.17, 15) is 9.90 Å². The number of rotatable bonds is 3. The smallest absolute Gasteiger partial charge is 0.339 e. The number of ether oxygens (including phenoxy) is 1. The highest BCUT2D eigenvalue weighted by atomic mass is 16.5. The van der Waals surface area contributed by atoms with Crippen LogP contribution in [-0.2, 0) is 11.3 Å². The Kier molecular flexibility index (Phi) is 3.71. The molecule has 1 atom stereocenters. The molecule has 1 aromatic heterocycles. The van der Waals surface area contributed by atoms with E-state index in [1.165, 1.54) is 13.3 Å². The van der Waals surface area contributed by atoms with Gasteiger partial charge in [0.2, 0.25) is 0 Å². The zero-order valence-corrected chi connectivity index (χ0v) is 9.80. The first-order valence-electron chi connectivity index (χ1n) is 5.62. The van der Waals surface area contributed by atoms with Crippen molar-refractivity contribution in [3.05, 3.63) is 29.6 Å². The van der Waals surface area contributed by atoms with E-state index in [1.54, 1.807) is 6.07 Å². The predicted octanol–water partition coefficient (Wildman–Crippen LogP) is 0.435. The number of hydrogen-bond acceptors (Lipinski definition) is 5. The number of pyridine rings is 1. The van der Waals surface area contributed by atoms with Crippen LogP contribution in [0.1, 0.15) is 22.5 Å². The van der Waals surface area contributed by atoms with Gasteiger partial charge in [0.25, 0.3) is 0 Å². The van der Waals surface area contributed by atoms with Gasteiger partial charge in [-0.3, -0.25) is 9.88 Å². The number of nitrogens with zero attached hydrogens (tertiary/aromatic N) is 2. The number of carbonyl (C=O) groups is 1. The molecule has 1 fully saturated rings. The molecule has 1 aliphatic heterocycles. The number of likely N-dealkylation sites (tertiary alicyclic amines) is 1. The summed E-state index contributed by atoms with van der Waals surface area (Å²) in [7, 11) is 1.35. The topological polar surface area (TPSA) is 62.7 Å². The number of esters is 1. The molecule has 0 unspecified atom stereocenters. The Labute approximate surface area is 100 Å². The van der Waals surface area contributed by atoms with Crippen LogP contribution in [-0.4, -0.2) is 47.3 Å². The first-order valence-corrected chi connectivity index (χ1v) is 5.62. The summed E-state index contributed by atoms with van der Waals surface area (Å²) in [5, 5.41) is 9.40. The maximum Gasteiger partial charge on any atom is 0.339 e. The van der Waals surface area contributed by atoms with Gasteiger partial charge in [0.15, 0.2) is 0 Å². The second-order valence-corrected chi connectivity index (χ2v) is 4.21. The standard InChI is InChI=1S/C12H16N2O3/c1-17-12(16)9-2-3-10(13-6-9)7-14-5-4-11(15)8-14/h2-3,6,11,15H,4-5,7-8H2,1H3/t11-/m1/s1. The molecule has 0 spiro atoms. The number of β-amino-alcohol motifs (C(OH)–C–C–N with tert-alkyl or cyclic N) is 1. The van der Waals surface area contributed by atoms with Crippen LogP contribution in [0.2, 0.25) is 0 Å². The van der Waals surface area contributed by atoms with Crippen LogP contribution in [0.25, 0.3) is 0 Å². The second kappa shape index (κ2) is 5.25. The molecule has 2 rings (SSSR count). The average molecular weight is 236 g/mol. The lowest BCUT2D eigenvalue weighted by molar-refractivity contribution is 0.0600. The van der Waals surface area contributed by atoms with Crippen LogP contribution in [0.3, 0.4) is 0 Å². The molecule has 1 saturated heterocycles. The van der Waals surface area contributed by atoms with Gasteiger partial charge in [-0.1, -0.05) is 0 Å². The Morgan fingerprint density at radius 3 is 3.00 bits per heavy atom. The first kappa shape index (κ1) is 12.0. The third kappa shape index (κ3) is 3.01. The van der Waals surface area contributed by atoms with Crippen molar-refractivity contribution < 1.29 is 14.6 Å². The lowest BCUT2D eigenvalue weighted by Gasteiger charge is -2.13. The fourth-order valence-corrected chi connectivity index (χ4v) is 1.94. The van der Waals surface area contributed by atoms with Crippen LogP contribution in [0.15, 0.2) is 18.3 Å². The van der Waals surface area contributed by atoms with Gasteiger partial charge in [0.05, 0.1) is 24.5 Å². The van der Waals surface area contributed by atoms with Gasteiger partial charge < -0.3 is 9.84 Å². The third-order valence-electron chi connectivity index (χ3n) is 2.88. The molecule has 0 aliphatic carbocycles. The van der Waals surface area contributed by atoms with Crippen molar-refractivity contribution in [1.82, 2.24) is 9.88 Å². The Bertz CT molecular complexity index is 391. The summed E-state index contributed by atoms with van der Waals surface area (Å²) in [5.41, 5.74) is 1.35. The molecule has 0 amide bonds. The van der Waals surface area contributed by atoms with Gasteiger partial charge >= 0.3 is 5.97 Å². The minimum atomic E-state index is -0.374. The van der Waals surface area contributed by atoms with Crippen molar-refractivity contribution in [2.24, 2.45) is 0 Å². The van der Waals surface area contributed by atoms with Crippen molar-refractivity contribution in [2.45, 2.75) is 19.1 Å². The van der Waals surface area contributed by atoms with E-state index in [2.05, 4.69) is 14.6 Å². The van der Waals surface area contributed by atoms with Crippen LogP contribution in [0, 0.1) is 0 Å². The summed E-state index contributed by atoms with van der Waals surface area (Å²) in [6, 6.07) is 3.53. The number of aliphatic hydroxyl groups excluding tert-OH is 1. The molecule has 0 aromatic carbocycles. The maximum atomic E-state index is 11.2. The fourth-order valence-electron chi connectivity index (χ4n) is 1.94. The molecule has 92 valence electrons. The molecule has 1 aromatic rings. The van der Waals surface area contributed by atoms with Gasteiger partial charge in [-0.15, -0.1) is 0 Å². The molecule has 0 saturated carbocycles. The summed E-state index contributed by atoms with van der Waals surface area (Å²) in [4.78, 5) is 17.6. The second-order valence-electron chi connectivity index (χ2n) is 4.21. The highest BCUT2D eigenvalue weighted by Gasteiger charge is 2.20. The number of carbonyl (C=O) groups excluding carboxylic acids is 1. The van der Waals surface area contributed by atoms with E-state index >= 15 is 0 Å². The lowest BCUT2D eigenvalue weighted by Crippen LogP contribution is -2.22. The Morgan fingerprint density at radius 2 is 2.47 bits per heavy atom. The van der Waals surface area contributed by atoms with Crippen molar-refractivity contribution in [3.63, 3.8) is 0 Å². The largest absolute Gasteiger partial charge is 0.465 e. The van der Waals surface area contributed by atoms with Crippen LogP contribution >= 0.6 is 0 Å².